The molecular formula is C16H18BrNO2. The first-order chi connectivity index (χ1) is 9.76. The van der Waals surface area contributed by atoms with Gasteiger partial charge in [0.1, 0.15) is 17.6 Å². The number of hydrogen-bond acceptors (Lipinski definition) is 3. The zero-order valence-electron chi connectivity index (χ0n) is 11.5. The summed E-state index contributed by atoms with van der Waals surface area (Å²) >= 11 is 3.52. The van der Waals surface area contributed by atoms with Crippen LogP contribution >= 0.6 is 15.9 Å². The van der Waals surface area contributed by atoms with Gasteiger partial charge in [0.2, 0.25) is 0 Å². The van der Waals surface area contributed by atoms with Crippen LogP contribution in [0.4, 0.5) is 0 Å². The van der Waals surface area contributed by atoms with Crippen LogP contribution in [0.25, 0.3) is 5.57 Å². The molecule has 4 heteroatoms. The Morgan fingerprint density at radius 3 is 2.85 bits per heavy atom. The summed E-state index contributed by atoms with van der Waals surface area (Å²) in [5.41, 5.74) is 2.45. The number of methoxy groups -OCH3 is 1. The molecule has 1 aliphatic heterocycles. The third-order valence-electron chi connectivity index (χ3n) is 3.64. The molecule has 1 heterocycles. The number of nitrogens with one attached hydrogen (secondary N) is 1. The molecule has 0 unspecified atom stereocenters. The molecule has 1 saturated heterocycles. The molecule has 1 N–H and O–H groups in total. The number of benzene rings is 1. The summed E-state index contributed by atoms with van der Waals surface area (Å²) in [6.45, 7) is 1.85. The molecule has 1 fully saturated rings. The van der Waals surface area contributed by atoms with Crippen molar-refractivity contribution in [2.45, 2.75) is 18.9 Å². The Morgan fingerprint density at radius 2 is 2.15 bits per heavy atom. The Bertz CT molecular complexity index is 562. The van der Waals surface area contributed by atoms with Crippen LogP contribution in [0.1, 0.15) is 18.4 Å². The van der Waals surface area contributed by atoms with E-state index >= 15 is 0 Å². The lowest BCUT2D eigenvalue weighted by Crippen LogP contribution is -2.50. The Hall–Kier alpha value is -1.26. The molecule has 20 heavy (non-hydrogen) atoms. The summed E-state index contributed by atoms with van der Waals surface area (Å²) in [5.74, 6) is 1.89. The topological polar surface area (TPSA) is 30.5 Å². The normalized spacial score (nSPS) is 18.9. The Balaban J connectivity index is 1.91. The maximum atomic E-state index is 6.09. The minimum atomic E-state index is 0.282. The van der Waals surface area contributed by atoms with Crippen molar-refractivity contribution in [1.29, 1.82) is 0 Å². The molecule has 0 atom stereocenters. The number of halogens is 1. The highest BCUT2D eigenvalue weighted by Crippen LogP contribution is 2.35. The maximum Gasteiger partial charge on any atom is 0.128 e. The van der Waals surface area contributed by atoms with Crippen LogP contribution in [-0.4, -0.2) is 26.3 Å². The van der Waals surface area contributed by atoms with E-state index in [0.717, 1.165) is 41.9 Å². The van der Waals surface area contributed by atoms with Gasteiger partial charge in [0.05, 0.1) is 7.11 Å². The number of allylic oxidation sites excluding steroid dienone is 3. The SMILES string of the molecule is COC1=CCCC(c2ccc(Br)cc2OC2CNC2)=C1. The van der Waals surface area contributed by atoms with Crippen molar-refractivity contribution >= 4 is 21.5 Å². The van der Waals surface area contributed by atoms with E-state index in [1.54, 1.807) is 7.11 Å². The minimum Gasteiger partial charge on any atom is -0.497 e. The van der Waals surface area contributed by atoms with Crippen molar-refractivity contribution in [2.75, 3.05) is 20.2 Å². The number of hydrogen-bond donors (Lipinski definition) is 1. The predicted octanol–water partition coefficient (Wildman–Crippen LogP) is 3.51. The van der Waals surface area contributed by atoms with Crippen LogP contribution in [-0.2, 0) is 4.74 Å². The lowest BCUT2D eigenvalue weighted by Gasteiger charge is -2.29. The van der Waals surface area contributed by atoms with Gasteiger partial charge in [-0.2, -0.15) is 0 Å². The smallest absolute Gasteiger partial charge is 0.128 e. The zero-order valence-corrected chi connectivity index (χ0v) is 13.1. The Kier molecular flexibility index (Phi) is 4.13. The van der Waals surface area contributed by atoms with Crippen LogP contribution in [0, 0.1) is 0 Å². The van der Waals surface area contributed by atoms with Crippen molar-refractivity contribution in [1.82, 2.24) is 5.32 Å². The first kappa shape index (κ1) is 13.7. The molecule has 106 valence electrons. The monoisotopic (exact) mass is 335 g/mol. The fourth-order valence-corrected chi connectivity index (χ4v) is 2.75. The minimum absolute atomic E-state index is 0.282. The van der Waals surface area contributed by atoms with E-state index in [2.05, 4.69) is 51.6 Å². The summed E-state index contributed by atoms with van der Waals surface area (Å²) in [4.78, 5) is 0. The lowest BCUT2D eigenvalue weighted by atomic mass is 9.96. The third-order valence-corrected chi connectivity index (χ3v) is 4.13. The van der Waals surface area contributed by atoms with Crippen molar-refractivity contribution in [2.24, 2.45) is 0 Å². The third kappa shape index (κ3) is 2.91. The van der Waals surface area contributed by atoms with E-state index in [1.165, 1.54) is 11.1 Å². The van der Waals surface area contributed by atoms with Crippen LogP contribution in [0.2, 0.25) is 0 Å². The second-order valence-corrected chi connectivity index (χ2v) is 5.97. The van der Waals surface area contributed by atoms with E-state index in [4.69, 9.17) is 9.47 Å². The van der Waals surface area contributed by atoms with Crippen molar-refractivity contribution in [3.63, 3.8) is 0 Å². The average molecular weight is 336 g/mol. The fraction of sp³-hybridized carbons (Fsp3) is 0.375. The molecule has 2 aliphatic rings. The molecule has 0 amide bonds. The van der Waals surface area contributed by atoms with Crippen molar-refractivity contribution in [3.8, 4) is 5.75 Å². The first-order valence-corrected chi connectivity index (χ1v) is 7.67. The van der Waals surface area contributed by atoms with Gasteiger partial charge >= 0.3 is 0 Å². The molecule has 3 nitrogen and oxygen atoms in total. The molecule has 0 bridgehead atoms. The molecule has 0 radical (unpaired) electrons. The van der Waals surface area contributed by atoms with Gasteiger partial charge in [0.15, 0.2) is 0 Å². The summed E-state index contributed by atoms with van der Waals surface area (Å²) < 4.78 is 12.5. The van der Waals surface area contributed by atoms with Gasteiger partial charge < -0.3 is 14.8 Å². The van der Waals surface area contributed by atoms with Gasteiger partial charge in [-0.15, -0.1) is 0 Å². The highest BCUT2D eigenvalue weighted by Gasteiger charge is 2.21. The molecule has 0 saturated carbocycles. The quantitative estimate of drug-likeness (QED) is 0.913. The largest absolute Gasteiger partial charge is 0.497 e. The number of ether oxygens (including phenoxy) is 2. The average Bonchev–Trinajstić information content (AvgIpc) is 2.43. The molecule has 1 aliphatic carbocycles. The second-order valence-electron chi connectivity index (χ2n) is 5.06. The van der Waals surface area contributed by atoms with E-state index < -0.39 is 0 Å². The van der Waals surface area contributed by atoms with Crippen molar-refractivity contribution in [3.05, 3.63) is 46.1 Å². The molecule has 3 rings (SSSR count). The fourth-order valence-electron chi connectivity index (χ4n) is 2.41. The van der Waals surface area contributed by atoms with Crippen LogP contribution in [0.15, 0.2) is 40.6 Å². The first-order valence-electron chi connectivity index (χ1n) is 6.88. The lowest BCUT2D eigenvalue weighted by molar-refractivity contribution is 0.142. The van der Waals surface area contributed by atoms with Gasteiger partial charge in [0.25, 0.3) is 0 Å². The van der Waals surface area contributed by atoms with Gasteiger partial charge in [-0.3, -0.25) is 0 Å². The maximum absolute atomic E-state index is 6.09. The molecular weight excluding hydrogens is 318 g/mol. The van der Waals surface area contributed by atoms with Crippen LogP contribution in [0.3, 0.4) is 0 Å². The summed E-state index contributed by atoms with van der Waals surface area (Å²) in [6.07, 6.45) is 6.55. The second kappa shape index (κ2) is 6.02. The van der Waals surface area contributed by atoms with Gasteiger partial charge in [-0.1, -0.05) is 15.9 Å². The molecule has 0 spiro atoms. The van der Waals surface area contributed by atoms with Crippen molar-refractivity contribution < 1.29 is 9.47 Å². The standard InChI is InChI=1S/C16H18BrNO2/c1-19-13-4-2-3-11(7-13)15-6-5-12(17)8-16(15)20-14-9-18-10-14/h4-8,14,18H,2-3,9-10H2,1H3. The molecule has 0 aromatic heterocycles. The highest BCUT2D eigenvalue weighted by molar-refractivity contribution is 9.10. The van der Waals surface area contributed by atoms with Gasteiger partial charge in [0, 0.05) is 23.1 Å². The Labute approximate surface area is 127 Å². The van der Waals surface area contributed by atoms with E-state index in [-0.39, 0.29) is 6.10 Å². The highest BCUT2D eigenvalue weighted by atomic mass is 79.9. The zero-order chi connectivity index (χ0) is 13.9. The summed E-state index contributed by atoms with van der Waals surface area (Å²) in [6, 6.07) is 6.24. The van der Waals surface area contributed by atoms with E-state index in [9.17, 15) is 0 Å². The van der Waals surface area contributed by atoms with E-state index in [0.29, 0.717) is 0 Å². The Morgan fingerprint density at radius 1 is 1.30 bits per heavy atom. The van der Waals surface area contributed by atoms with Crippen LogP contribution in [0.5, 0.6) is 5.75 Å². The summed E-state index contributed by atoms with van der Waals surface area (Å²) in [7, 11) is 1.71. The summed E-state index contributed by atoms with van der Waals surface area (Å²) in [5, 5.41) is 3.23. The molecule has 1 aromatic rings. The molecule has 1 aromatic carbocycles. The number of rotatable bonds is 4. The predicted molar refractivity (Wildman–Crippen MR) is 83.7 cm³/mol. The van der Waals surface area contributed by atoms with Gasteiger partial charge in [-0.05, 0) is 48.8 Å². The van der Waals surface area contributed by atoms with E-state index in [1.807, 2.05) is 0 Å². The van der Waals surface area contributed by atoms with Crippen LogP contribution < -0.4 is 10.1 Å². The van der Waals surface area contributed by atoms with Gasteiger partial charge in [-0.25, -0.2) is 0 Å².